The second-order valence-corrected chi connectivity index (χ2v) is 6.44. The fourth-order valence-electron chi connectivity index (χ4n) is 4.19. The third-order valence-electron chi connectivity index (χ3n) is 5.55. The van der Waals surface area contributed by atoms with Crippen LogP contribution in [0.5, 0.6) is 0 Å². The Morgan fingerprint density at radius 3 is 1.14 bits per heavy atom. The first-order chi connectivity index (χ1) is 12.1. The average molecular weight is 446 g/mol. The van der Waals surface area contributed by atoms with Crippen LogP contribution in [0.2, 0.25) is 0 Å². The van der Waals surface area contributed by atoms with E-state index >= 15 is 0 Å². The standard InChI is InChI=1S/C12H4F14O2/c1-2-28-6-10(21,22)3(13)7(15,16)4(14,11(6,23)24)9(19,20)5(27,8(3,17)18)12(6,25)26/h2,27H,1H2. The van der Waals surface area contributed by atoms with Crippen LogP contribution in [0.25, 0.3) is 0 Å². The second kappa shape index (κ2) is 4.19. The summed E-state index contributed by atoms with van der Waals surface area (Å²) in [6.07, 6.45) is -0.868. The highest BCUT2D eigenvalue weighted by atomic mass is 19.3. The Hall–Kier alpha value is -1.48. The van der Waals surface area contributed by atoms with Crippen LogP contribution in [0, 0.1) is 0 Å². The summed E-state index contributed by atoms with van der Waals surface area (Å²) in [7, 11) is 0. The van der Waals surface area contributed by atoms with Gasteiger partial charge in [0.2, 0.25) is 0 Å². The Labute approximate surface area is 143 Å². The third-order valence-corrected chi connectivity index (χ3v) is 5.55. The number of rotatable bonds is 2. The zero-order valence-corrected chi connectivity index (χ0v) is 12.4. The van der Waals surface area contributed by atoms with Crippen molar-refractivity contribution in [1.82, 2.24) is 0 Å². The molecule has 28 heavy (non-hydrogen) atoms. The number of alkyl halides is 14. The lowest BCUT2D eigenvalue weighted by Crippen LogP contribution is -3.10. The zero-order valence-electron chi connectivity index (χ0n) is 12.4. The van der Waals surface area contributed by atoms with Gasteiger partial charge >= 0.3 is 52.5 Å². The fraction of sp³-hybridized carbons (Fsp3) is 0.833. The number of hydrogen-bond donors (Lipinski definition) is 1. The molecule has 162 valence electrons. The Bertz CT molecular complexity index is 659. The SMILES string of the molecule is C=COC12C(F)(F)C3(O)C(F)(F)C(F)(C(F)(F)C(F)(C3(F)F)C1(F)F)C2(F)F. The van der Waals surface area contributed by atoms with Crippen molar-refractivity contribution in [1.29, 1.82) is 0 Å². The van der Waals surface area contributed by atoms with Crippen molar-refractivity contribution < 1.29 is 71.3 Å². The molecule has 0 aromatic rings. The van der Waals surface area contributed by atoms with Gasteiger partial charge in [-0.25, -0.2) is 8.78 Å². The summed E-state index contributed by atoms with van der Waals surface area (Å²) in [5.41, 5.74) is -28.9. The highest BCUT2D eigenvalue weighted by molar-refractivity contribution is 5.54. The maximum atomic E-state index is 14.5. The average Bonchev–Trinajstić information content (AvgIpc) is 2.52. The van der Waals surface area contributed by atoms with E-state index in [0.717, 1.165) is 0 Å². The summed E-state index contributed by atoms with van der Waals surface area (Å²) in [6.45, 7) is 2.20. The Kier molecular flexibility index (Phi) is 3.18. The van der Waals surface area contributed by atoms with Crippen LogP contribution in [0.15, 0.2) is 12.8 Å². The van der Waals surface area contributed by atoms with Crippen LogP contribution < -0.4 is 0 Å². The van der Waals surface area contributed by atoms with Crippen LogP contribution in [-0.4, -0.2) is 63.2 Å². The molecule has 0 aromatic carbocycles. The van der Waals surface area contributed by atoms with Crippen molar-refractivity contribution in [2.75, 3.05) is 0 Å². The first-order valence-electron chi connectivity index (χ1n) is 6.72. The molecule has 4 fully saturated rings. The van der Waals surface area contributed by atoms with E-state index < -0.39 is 64.3 Å². The largest absolute Gasteiger partial charge is 0.477 e. The summed E-state index contributed by atoms with van der Waals surface area (Å²) in [5, 5.41) is 9.26. The molecule has 4 bridgehead atoms. The summed E-state index contributed by atoms with van der Waals surface area (Å²) in [5.74, 6) is -45.1. The molecule has 16 heteroatoms. The van der Waals surface area contributed by atoms with E-state index in [9.17, 15) is 66.6 Å². The fourth-order valence-corrected chi connectivity index (χ4v) is 4.19. The summed E-state index contributed by atoms with van der Waals surface area (Å²) < 4.78 is 202. The summed E-state index contributed by atoms with van der Waals surface area (Å²) in [4.78, 5) is 0. The molecule has 0 spiro atoms. The van der Waals surface area contributed by atoms with Crippen molar-refractivity contribution in [3.8, 4) is 0 Å². The number of halogens is 14. The van der Waals surface area contributed by atoms with Gasteiger partial charge in [-0.3, -0.25) is 0 Å². The molecule has 0 radical (unpaired) electrons. The Morgan fingerprint density at radius 1 is 0.536 bits per heavy atom. The predicted octanol–water partition coefficient (Wildman–Crippen LogP) is 3.89. The molecule has 0 amide bonds. The van der Waals surface area contributed by atoms with Gasteiger partial charge in [0.25, 0.3) is 5.60 Å². The molecule has 1 N–H and O–H groups in total. The lowest BCUT2D eigenvalue weighted by molar-refractivity contribution is -0.624. The molecule has 0 saturated heterocycles. The molecule has 2 atom stereocenters. The summed E-state index contributed by atoms with van der Waals surface area (Å²) >= 11 is 0. The molecule has 2 nitrogen and oxygen atoms in total. The van der Waals surface area contributed by atoms with E-state index in [1.165, 1.54) is 0 Å². The number of aliphatic hydroxyl groups is 1. The van der Waals surface area contributed by atoms with E-state index in [4.69, 9.17) is 0 Å². The monoisotopic (exact) mass is 446 g/mol. The topological polar surface area (TPSA) is 29.5 Å². The van der Waals surface area contributed by atoms with Gasteiger partial charge in [0.05, 0.1) is 6.26 Å². The van der Waals surface area contributed by atoms with Crippen LogP contribution in [0.1, 0.15) is 0 Å². The molecule has 0 aromatic heterocycles. The molecule has 4 aliphatic carbocycles. The van der Waals surface area contributed by atoms with Gasteiger partial charge in [0.15, 0.2) is 0 Å². The molecule has 2 unspecified atom stereocenters. The van der Waals surface area contributed by atoms with Crippen molar-refractivity contribution in [3.63, 3.8) is 0 Å². The number of hydrogen-bond acceptors (Lipinski definition) is 2. The molecule has 0 aliphatic heterocycles. The molecule has 0 heterocycles. The maximum absolute atomic E-state index is 14.5. The van der Waals surface area contributed by atoms with Gasteiger partial charge in [0, 0.05) is 0 Å². The van der Waals surface area contributed by atoms with E-state index in [-0.39, 0.29) is 0 Å². The van der Waals surface area contributed by atoms with Crippen molar-refractivity contribution >= 4 is 0 Å². The van der Waals surface area contributed by atoms with Crippen LogP contribution >= 0.6 is 0 Å². The van der Waals surface area contributed by atoms with Gasteiger partial charge in [-0.2, -0.15) is 52.7 Å². The highest BCUT2D eigenvalue weighted by Gasteiger charge is 3.23. The van der Waals surface area contributed by atoms with E-state index in [1.54, 1.807) is 0 Å². The van der Waals surface area contributed by atoms with Crippen molar-refractivity contribution in [2.45, 2.75) is 58.1 Å². The van der Waals surface area contributed by atoms with Crippen LogP contribution in [0.3, 0.4) is 0 Å². The van der Waals surface area contributed by atoms with E-state index in [0.29, 0.717) is 0 Å². The van der Waals surface area contributed by atoms with E-state index in [1.807, 2.05) is 0 Å². The van der Waals surface area contributed by atoms with Crippen molar-refractivity contribution in [3.05, 3.63) is 12.8 Å². The smallest absolute Gasteiger partial charge is 0.344 e. The predicted molar refractivity (Wildman–Crippen MR) is 56.3 cm³/mol. The number of ether oxygens (including phenoxy) is 1. The second-order valence-electron chi connectivity index (χ2n) is 6.44. The Balaban J connectivity index is 2.73. The lowest BCUT2D eigenvalue weighted by Gasteiger charge is -2.74. The maximum Gasteiger partial charge on any atom is 0.344 e. The molecular formula is C12H4F14O2. The molecule has 4 saturated carbocycles. The molecule has 4 aliphatic rings. The van der Waals surface area contributed by atoms with Crippen LogP contribution in [0.4, 0.5) is 61.5 Å². The normalized spacial score (nSPS) is 50.2. The minimum atomic E-state index is -7.71. The van der Waals surface area contributed by atoms with E-state index in [2.05, 4.69) is 11.3 Å². The molecular weight excluding hydrogens is 442 g/mol. The van der Waals surface area contributed by atoms with Gasteiger partial charge in [-0.05, 0) is 0 Å². The zero-order chi connectivity index (χ0) is 22.4. The van der Waals surface area contributed by atoms with Gasteiger partial charge in [-0.1, -0.05) is 6.58 Å². The summed E-state index contributed by atoms with van der Waals surface area (Å²) in [6, 6.07) is 0. The first kappa shape index (κ1) is 21.2. The minimum absolute atomic E-state index is 0.868. The van der Waals surface area contributed by atoms with Crippen LogP contribution in [-0.2, 0) is 4.74 Å². The van der Waals surface area contributed by atoms with Gasteiger partial charge < -0.3 is 9.84 Å². The van der Waals surface area contributed by atoms with Gasteiger partial charge in [-0.15, -0.1) is 0 Å². The third kappa shape index (κ3) is 1.11. The minimum Gasteiger partial charge on any atom is -0.477 e. The van der Waals surface area contributed by atoms with Crippen molar-refractivity contribution in [2.24, 2.45) is 0 Å². The first-order valence-corrected chi connectivity index (χ1v) is 6.72. The lowest BCUT2D eigenvalue weighted by atomic mass is 9.39. The van der Waals surface area contributed by atoms with Gasteiger partial charge in [0.1, 0.15) is 0 Å². The Morgan fingerprint density at radius 2 is 0.857 bits per heavy atom. The quantitative estimate of drug-likeness (QED) is 0.516. The molecule has 4 rings (SSSR count). The highest BCUT2D eigenvalue weighted by Crippen LogP contribution is 2.87.